The summed E-state index contributed by atoms with van der Waals surface area (Å²) in [4.78, 5) is 6.99. The molecule has 0 spiro atoms. The van der Waals surface area contributed by atoms with Crippen LogP contribution in [0, 0.1) is 5.41 Å². The van der Waals surface area contributed by atoms with Crippen molar-refractivity contribution in [3.05, 3.63) is 18.2 Å². The average molecular weight is 253 g/mol. The number of nitrogens with zero attached hydrogens (tertiary/aromatic N) is 1. The van der Waals surface area contributed by atoms with Crippen LogP contribution in [0.1, 0.15) is 32.9 Å². The quantitative estimate of drug-likeness (QED) is 0.750. The van der Waals surface area contributed by atoms with Gasteiger partial charge in [0.05, 0.1) is 24.6 Å². The van der Waals surface area contributed by atoms with Gasteiger partial charge in [0.2, 0.25) is 0 Å². The van der Waals surface area contributed by atoms with Crippen LogP contribution in [-0.4, -0.2) is 39.9 Å². The van der Waals surface area contributed by atoms with E-state index in [1.807, 2.05) is 0 Å². The summed E-state index contributed by atoms with van der Waals surface area (Å²) in [5.41, 5.74) is 1.12. The summed E-state index contributed by atoms with van der Waals surface area (Å²) in [5, 5.41) is 13.3. The van der Waals surface area contributed by atoms with Crippen LogP contribution in [0.3, 0.4) is 0 Å². The molecule has 3 N–H and O–H groups in total. The molecule has 2 heterocycles. The third-order valence-corrected chi connectivity index (χ3v) is 3.41. The number of aromatic amines is 1. The van der Waals surface area contributed by atoms with Crippen molar-refractivity contribution >= 4 is 0 Å². The Morgan fingerprint density at radius 2 is 2.33 bits per heavy atom. The first-order chi connectivity index (χ1) is 8.47. The van der Waals surface area contributed by atoms with Gasteiger partial charge >= 0.3 is 0 Å². The van der Waals surface area contributed by atoms with E-state index >= 15 is 0 Å². The van der Waals surface area contributed by atoms with E-state index in [9.17, 15) is 5.11 Å². The topological polar surface area (TPSA) is 70.2 Å². The molecule has 0 amide bonds. The molecule has 18 heavy (non-hydrogen) atoms. The second kappa shape index (κ2) is 5.38. The van der Waals surface area contributed by atoms with Crippen molar-refractivity contribution in [3.63, 3.8) is 0 Å². The smallest absolute Gasteiger partial charge is 0.0962 e. The Morgan fingerprint density at radius 1 is 1.56 bits per heavy atom. The third-order valence-electron chi connectivity index (χ3n) is 3.41. The zero-order valence-corrected chi connectivity index (χ0v) is 11.3. The van der Waals surface area contributed by atoms with E-state index < -0.39 is 0 Å². The lowest BCUT2D eigenvalue weighted by Gasteiger charge is -2.26. The number of hydrogen-bond acceptors (Lipinski definition) is 4. The maximum Gasteiger partial charge on any atom is 0.0962 e. The van der Waals surface area contributed by atoms with Gasteiger partial charge in [0.15, 0.2) is 0 Å². The first-order valence-corrected chi connectivity index (χ1v) is 6.48. The Labute approximate surface area is 108 Å². The Morgan fingerprint density at radius 3 is 2.89 bits per heavy atom. The van der Waals surface area contributed by atoms with Crippen molar-refractivity contribution in [2.75, 3.05) is 6.54 Å². The lowest BCUT2D eigenvalue weighted by Crippen LogP contribution is -2.34. The average Bonchev–Trinajstić information content (AvgIpc) is 2.88. The molecule has 5 nitrogen and oxygen atoms in total. The monoisotopic (exact) mass is 253 g/mol. The molecule has 1 aromatic rings. The standard InChI is InChI=1S/C13H23N3O2/c1-13(2,3)12-4-10(17)11(18-12)7-14-5-9-6-15-8-16-9/h6,8,10-12,14,17H,4-5,7H2,1-3H3,(H,15,16)/t10-,11+,12?/m0/s1. The molecule has 0 saturated carbocycles. The molecular formula is C13H23N3O2. The zero-order valence-electron chi connectivity index (χ0n) is 11.3. The Hall–Kier alpha value is -0.910. The number of ether oxygens (including phenoxy) is 1. The molecule has 1 aromatic heterocycles. The van der Waals surface area contributed by atoms with Gasteiger partial charge in [-0.2, -0.15) is 0 Å². The van der Waals surface area contributed by atoms with Crippen LogP contribution in [0.15, 0.2) is 12.5 Å². The minimum Gasteiger partial charge on any atom is -0.390 e. The summed E-state index contributed by atoms with van der Waals surface area (Å²) in [7, 11) is 0. The molecule has 1 fully saturated rings. The normalized spacial score (nSPS) is 28.8. The number of rotatable bonds is 4. The number of aliphatic hydroxyl groups excluding tert-OH is 1. The second-order valence-corrected chi connectivity index (χ2v) is 6.04. The van der Waals surface area contributed by atoms with Gasteiger partial charge in [-0.25, -0.2) is 4.98 Å². The molecule has 2 rings (SSSR count). The molecule has 0 bridgehead atoms. The highest BCUT2D eigenvalue weighted by molar-refractivity contribution is 4.94. The van der Waals surface area contributed by atoms with E-state index in [1.54, 1.807) is 12.5 Å². The van der Waals surface area contributed by atoms with Crippen molar-refractivity contribution in [1.29, 1.82) is 0 Å². The molecule has 0 radical (unpaired) electrons. The summed E-state index contributed by atoms with van der Waals surface area (Å²) in [6.07, 6.45) is 3.82. The fraction of sp³-hybridized carbons (Fsp3) is 0.769. The Kier molecular flexibility index (Phi) is 4.04. The van der Waals surface area contributed by atoms with E-state index in [0.717, 1.165) is 12.1 Å². The highest BCUT2D eigenvalue weighted by Gasteiger charge is 2.39. The van der Waals surface area contributed by atoms with Crippen molar-refractivity contribution in [1.82, 2.24) is 15.3 Å². The lowest BCUT2D eigenvalue weighted by atomic mass is 9.87. The second-order valence-electron chi connectivity index (χ2n) is 6.04. The van der Waals surface area contributed by atoms with Crippen molar-refractivity contribution < 1.29 is 9.84 Å². The first kappa shape index (κ1) is 13.5. The van der Waals surface area contributed by atoms with Crippen LogP contribution in [0.5, 0.6) is 0 Å². The number of hydrogen-bond donors (Lipinski definition) is 3. The van der Waals surface area contributed by atoms with Crippen LogP contribution < -0.4 is 5.32 Å². The summed E-state index contributed by atoms with van der Waals surface area (Å²) in [6, 6.07) is 0. The number of H-pyrrole nitrogens is 1. The SMILES string of the molecule is CC(C)(C)C1C[C@H](O)[C@@H](CNCc2cnc[nH]2)O1. The van der Waals surface area contributed by atoms with Crippen molar-refractivity contribution in [2.45, 2.75) is 52.0 Å². The summed E-state index contributed by atoms with van der Waals surface area (Å²) in [5.74, 6) is 0. The molecule has 1 aliphatic heterocycles. The number of nitrogens with one attached hydrogen (secondary N) is 2. The van der Waals surface area contributed by atoms with Gasteiger partial charge in [0, 0.05) is 31.4 Å². The maximum absolute atomic E-state index is 9.99. The highest BCUT2D eigenvalue weighted by Crippen LogP contribution is 2.33. The molecule has 1 aliphatic rings. The molecule has 5 heteroatoms. The minimum atomic E-state index is -0.372. The van der Waals surface area contributed by atoms with E-state index in [0.29, 0.717) is 13.1 Å². The van der Waals surface area contributed by atoms with Crippen LogP contribution in [0.2, 0.25) is 0 Å². The molecule has 1 unspecified atom stereocenters. The fourth-order valence-corrected chi connectivity index (χ4v) is 2.20. The Balaban J connectivity index is 1.76. The molecule has 1 saturated heterocycles. The van der Waals surface area contributed by atoms with Crippen LogP contribution >= 0.6 is 0 Å². The number of aliphatic hydroxyl groups is 1. The van der Waals surface area contributed by atoms with E-state index in [2.05, 4.69) is 36.1 Å². The highest BCUT2D eigenvalue weighted by atomic mass is 16.5. The largest absolute Gasteiger partial charge is 0.390 e. The van der Waals surface area contributed by atoms with E-state index in [-0.39, 0.29) is 23.7 Å². The summed E-state index contributed by atoms with van der Waals surface area (Å²) in [6.45, 7) is 7.81. The van der Waals surface area contributed by atoms with Gasteiger partial charge < -0.3 is 20.1 Å². The van der Waals surface area contributed by atoms with Crippen LogP contribution in [0.25, 0.3) is 0 Å². The molecule has 102 valence electrons. The lowest BCUT2D eigenvalue weighted by molar-refractivity contribution is -0.0293. The van der Waals surface area contributed by atoms with Gasteiger partial charge in [0.1, 0.15) is 0 Å². The van der Waals surface area contributed by atoms with Crippen LogP contribution in [0.4, 0.5) is 0 Å². The minimum absolute atomic E-state index is 0.0824. The van der Waals surface area contributed by atoms with E-state index in [4.69, 9.17) is 4.74 Å². The Bertz CT molecular complexity index is 359. The summed E-state index contributed by atoms with van der Waals surface area (Å²) >= 11 is 0. The molecule has 0 aliphatic carbocycles. The van der Waals surface area contributed by atoms with Gasteiger partial charge in [-0.05, 0) is 5.41 Å². The molecule has 3 atom stereocenters. The van der Waals surface area contributed by atoms with Crippen LogP contribution in [-0.2, 0) is 11.3 Å². The number of imidazole rings is 1. The van der Waals surface area contributed by atoms with E-state index in [1.165, 1.54) is 0 Å². The zero-order chi connectivity index (χ0) is 13.2. The predicted molar refractivity (Wildman–Crippen MR) is 69.0 cm³/mol. The number of aromatic nitrogens is 2. The summed E-state index contributed by atoms with van der Waals surface area (Å²) < 4.78 is 5.92. The van der Waals surface area contributed by atoms with Crippen molar-refractivity contribution in [3.8, 4) is 0 Å². The molecular weight excluding hydrogens is 230 g/mol. The maximum atomic E-state index is 9.99. The van der Waals surface area contributed by atoms with Gasteiger partial charge in [-0.1, -0.05) is 20.8 Å². The third kappa shape index (κ3) is 3.31. The van der Waals surface area contributed by atoms with Gasteiger partial charge in [-0.15, -0.1) is 0 Å². The predicted octanol–water partition coefficient (Wildman–Crippen LogP) is 1.06. The van der Waals surface area contributed by atoms with Crippen molar-refractivity contribution in [2.24, 2.45) is 5.41 Å². The first-order valence-electron chi connectivity index (χ1n) is 6.48. The molecule has 0 aromatic carbocycles. The van der Waals surface area contributed by atoms with Gasteiger partial charge in [-0.3, -0.25) is 0 Å². The van der Waals surface area contributed by atoms with Gasteiger partial charge in [0.25, 0.3) is 0 Å². The fourth-order valence-electron chi connectivity index (χ4n) is 2.20.